The SMILES string of the molecule is CCc1[nH]c2ccccc2[n+]1Cc1cc(C)ccc1C. The van der Waals surface area contributed by atoms with Crippen LogP contribution in [0.5, 0.6) is 0 Å². The first-order chi connectivity index (χ1) is 9.69. The first-order valence-electron chi connectivity index (χ1n) is 7.24. The molecule has 3 rings (SSSR count). The third-order valence-corrected chi connectivity index (χ3v) is 3.97. The normalized spacial score (nSPS) is 11.2. The Kier molecular flexibility index (Phi) is 3.31. The summed E-state index contributed by atoms with van der Waals surface area (Å²) in [5.74, 6) is 1.28. The van der Waals surface area contributed by atoms with Gasteiger partial charge in [-0.1, -0.05) is 42.8 Å². The number of aromatic nitrogens is 2. The van der Waals surface area contributed by atoms with Crippen molar-refractivity contribution in [2.24, 2.45) is 0 Å². The minimum atomic E-state index is 0.931. The lowest BCUT2D eigenvalue weighted by Gasteiger charge is -2.06. The van der Waals surface area contributed by atoms with Crippen molar-refractivity contribution in [3.8, 4) is 0 Å². The number of benzene rings is 2. The number of hydrogen-bond donors (Lipinski definition) is 1. The van der Waals surface area contributed by atoms with E-state index in [9.17, 15) is 0 Å². The lowest BCUT2D eigenvalue weighted by atomic mass is 10.1. The van der Waals surface area contributed by atoms with Gasteiger partial charge in [-0.3, -0.25) is 0 Å². The zero-order valence-corrected chi connectivity index (χ0v) is 12.4. The first kappa shape index (κ1) is 12.9. The van der Waals surface area contributed by atoms with Gasteiger partial charge in [0.15, 0.2) is 11.0 Å². The molecule has 3 aromatic rings. The van der Waals surface area contributed by atoms with Crippen LogP contribution in [-0.4, -0.2) is 4.98 Å². The minimum Gasteiger partial charge on any atom is -0.241 e. The Bertz CT molecular complexity index is 753. The largest absolute Gasteiger partial charge is 0.255 e. The lowest BCUT2D eigenvalue weighted by Crippen LogP contribution is -2.37. The van der Waals surface area contributed by atoms with Gasteiger partial charge in [0.1, 0.15) is 6.54 Å². The number of para-hydroxylation sites is 2. The minimum absolute atomic E-state index is 0.931. The van der Waals surface area contributed by atoms with Gasteiger partial charge in [-0.2, -0.15) is 0 Å². The number of aromatic amines is 1. The van der Waals surface area contributed by atoms with Crippen molar-refractivity contribution in [3.05, 3.63) is 65.0 Å². The molecule has 0 bridgehead atoms. The fraction of sp³-hybridized carbons (Fsp3) is 0.278. The fourth-order valence-electron chi connectivity index (χ4n) is 2.78. The third kappa shape index (κ3) is 2.22. The van der Waals surface area contributed by atoms with Crippen LogP contribution in [0.25, 0.3) is 11.0 Å². The van der Waals surface area contributed by atoms with Crippen LogP contribution in [-0.2, 0) is 13.0 Å². The van der Waals surface area contributed by atoms with E-state index in [4.69, 9.17) is 0 Å². The van der Waals surface area contributed by atoms with Crippen LogP contribution in [0.1, 0.15) is 29.4 Å². The molecule has 0 amide bonds. The predicted octanol–water partition coefficient (Wildman–Crippen LogP) is 3.68. The molecule has 2 aromatic carbocycles. The van der Waals surface area contributed by atoms with Gasteiger partial charge in [0.25, 0.3) is 5.82 Å². The summed E-state index contributed by atoms with van der Waals surface area (Å²) in [6, 6.07) is 15.2. The molecular weight excluding hydrogens is 244 g/mol. The molecule has 1 N–H and O–H groups in total. The van der Waals surface area contributed by atoms with Crippen molar-refractivity contribution >= 4 is 11.0 Å². The van der Waals surface area contributed by atoms with Crippen LogP contribution in [0.2, 0.25) is 0 Å². The molecule has 0 radical (unpaired) electrons. The molecule has 20 heavy (non-hydrogen) atoms. The molecule has 0 saturated carbocycles. The molecule has 0 atom stereocenters. The Balaban J connectivity index is 2.12. The average Bonchev–Trinajstić information content (AvgIpc) is 2.81. The monoisotopic (exact) mass is 265 g/mol. The molecule has 0 aliphatic carbocycles. The molecule has 2 heteroatoms. The highest BCUT2D eigenvalue weighted by atomic mass is 15.1. The molecular formula is C18H21N2+. The smallest absolute Gasteiger partial charge is 0.241 e. The van der Waals surface area contributed by atoms with Crippen LogP contribution in [0.3, 0.4) is 0 Å². The fourth-order valence-corrected chi connectivity index (χ4v) is 2.78. The molecule has 1 aromatic heterocycles. The van der Waals surface area contributed by atoms with Gasteiger partial charge in [0.05, 0.1) is 0 Å². The van der Waals surface area contributed by atoms with E-state index in [2.05, 4.69) is 72.8 Å². The van der Waals surface area contributed by atoms with E-state index in [1.165, 1.54) is 33.5 Å². The van der Waals surface area contributed by atoms with E-state index in [0.29, 0.717) is 0 Å². The van der Waals surface area contributed by atoms with Crippen molar-refractivity contribution in [3.63, 3.8) is 0 Å². The maximum Gasteiger partial charge on any atom is 0.255 e. The van der Waals surface area contributed by atoms with Crippen molar-refractivity contribution < 1.29 is 4.57 Å². The number of nitrogens with one attached hydrogen (secondary N) is 1. The maximum absolute atomic E-state index is 3.53. The lowest BCUT2D eigenvalue weighted by molar-refractivity contribution is -0.669. The molecule has 0 saturated heterocycles. The van der Waals surface area contributed by atoms with Gasteiger partial charge < -0.3 is 0 Å². The van der Waals surface area contributed by atoms with Crippen LogP contribution >= 0.6 is 0 Å². The van der Waals surface area contributed by atoms with Crippen molar-refractivity contribution in [1.82, 2.24) is 4.98 Å². The summed E-state index contributed by atoms with van der Waals surface area (Å²) in [7, 11) is 0. The van der Waals surface area contributed by atoms with Crippen LogP contribution in [0.4, 0.5) is 0 Å². The quantitative estimate of drug-likeness (QED) is 0.697. The number of hydrogen-bond acceptors (Lipinski definition) is 0. The van der Waals surface area contributed by atoms with Gasteiger partial charge in [-0.25, -0.2) is 9.55 Å². The number of rotatable bonds is 3. The van der Waals surface area contributed by atoms with E-state index in [1.54, 1.807) is 0 Å². The van der Waals surface area contributed by atoms with Crippen LogP contribution < -0.4 is 4.57 Å². The van der Waals surface area contributed by atoms with E-state index in [0.717, 1.165) is 13.0 Å². The van der Waals surface area contributed by atoms with Gasteiger partial charge in [-0.15, -0.1) is 0 Å². The number of nitrogens with zero attached hydrogens (tertiary/aromatic N) is 1. The summed E-state index contributed by atoms with van der Waals surface area (Å²) < 4.78 is 2.40. The van der Waals surface area contributed by atoms with Gasteiger partial charge >= 0.3 is 0 Å². The molecule has 0 aliphatic rings. The number of imidazole rings is 1. The average molecular weight is 265 g/mol. The van der Waals surface area contributed by atoms with Crippen molar-refractivity contribution in [2.45, 2.75) is 33.7 Å². The standard InChI is InChI=1S/C18H20N2/c1-4-18-19-16-7-5-6-8-17(16)20(18)12-15-11-13(2)9-10-14(15)3/h5-11H,4,12H2,1-3H3/p+1. The Hall–Kier alpha value is -2.09. The summed E-state index contributed by atoms with van der Waals surface area (Å²) in [6.45, 7) is 7.48. The number of aryl methyl sites for hydroxylation is 3. The molecule has 0 spiro atoms. The third-order valence-electron chi connectivity index (χ3n) is 3.97. The second-order valence-corrected chi connectivity index (χ2v) is 5.46. The summed E-state index contributed by atoms with van der Waals surface area (Å²) in [5, 5.41) is 0. The second kappa shape index (κ2) is 5.12. The first-order valence-corrected chi connectivity index (χ1v) is 7.24. The summed E-state index contributed by atoms with van der Waals surface area (Å²) in [4.78, 5) is 3.53. The maximum atomic E-state index is 3.53. The zero-order valence-electron chi connectivity index (χ0n) is 12.4. The van der Waals surface area contributed by atoms with E-state index in [-0.39, 0.29) is 0 Å². The molecule has 2 nitrogen and oxygen atoms in total. The topological polar surface area (TPSA) is 19.7 Å². The molecule has 0 unspecified atom stereocenters. The Morgan fingerprint density at radius 1 is 1.05 bits per heavy atom. The Morgan fingerprint density at radius 2 is 1.85 bits per heavy atom. The Labute approximate surface area is 120 Å². The molecule has 1 heterocycles. The van der Waals surface area contributed by atoms with Gasteiger partial charge in [0.2, 0.25) is 0 Å². The van der Waals surface area contributed by atoms with E-state index >= 15 is 0 Å². The predicted molar refractivity (Wildman–Crippen MR) is 82.9 cm³/mol. The van der Waals surface area contributed by atoms with Crippen LogP contribution in [0.15, 0.2) is 42.5 Å². The number of fused-ring (bicyclic) bond motifs is 1. The van der Waals surface area contributed by atoms with Gasteiger partial charge in [0, 0.05) is 6.42 Å². The summed E-state index contributed by atoms with van der Waals surface area (Å²) in [5.41, 5.74) is 6.58. The Morgan fingerprint density at radius 3 is 2.65 bits per heavy atom. The highest BCUT2D eigenvalue weighted by Gasteiger charge is 2.17. The molecule has 102 valence electrons. The van der Waals surface area contributed by atoms with Crippen molar-refractivity contribution in [2.75, 3.05) is 0 Å². The highest BCUT2D eigenvalue weighted by Crippen LogP contribution is 2.14. The van der Waals surface area contributed by atoms with E-state index < -0.39 is 0 Å². The summed E-state index contributed by atoms with van der Waals surface area (Å²) in [6.07, 6.45) is 1.01. The second-order valence-electron chi connectivity index (χ2n) is 5.46. The number of H-pyrrole nitrogens is 1. The van der Waals surface area contributed by atoms with E-state index in [1.807, 2.05) is 0 Å². The zero-order chi connectivity index (χ0) is 14.1. The summed E-state index contributed by atoms with van der Waals surface area (Å²) >= 11 is 0. The molecule has 0 aliphatic heterocycles. The van der Waals surface area contributed by atoms with Crippen molar-refractivity contribution in [1.29, 1.82) is 0 Å². The van der Waals surface area contributed by atoms with Gasteiger partial charge in [-0.05, 0) is 37.1 Å². The highest BCUT2D eigenvalue weighted by molar-refractivity contribution is 5.71. The molecule has 0 fully saturated rings. The van der Waals surface area contributed by atoms with Crippen LogP contribution in [0, 0.1) is 13.8 Å².